The summed E-state index contributed by atoms with van der Waals surface area (Å²) in [5.74, 6) is 0.757. The number of rotatable bonds is 6. The Kier molecular flexibility index (Phi) is 5.26. The Bertz CT molecular complexity index is 855. The summed E-state index contributed by atoms with van der Waals surface area (Å²) in [7, 11) is 1.61. The topological polar surface area (TPSA) is 61.6 Å². The minimum Gasteiger partial charge on any atom is -0.455 e. The highest BCUT2D eigenvalue weighted by Gasteiger charge is 2.14. The Labute approximate surface area is 146 Å². The first-order valence-corrected chi connectivity index (χ1v) is 7.94. The first kappa shape index (κ1) is 16.9. The molecule has 0 saturated carbocycles. The summed E-state index contributed by atoms with van der Waals surface area (Å²) in [5, 5.41) is 0. The van der Waals surface area contributed by atoms with Crippen LogP contribution in [0.4, 0.5) is 0 Å². The molecule has 0 radical (unpaired) electrons. The molecular weight excluding hydrogens is 318 g/mol. The Hall–Kier alpha value is -2.92. The lowest BCUT2D eigenvalue weighted by molar-refractivity contribution is 0.0466. The summed E-state index contributed by atoms with van der Waals surface area (Å²) >= 11 is 0. The van der Waals surface area contributed by atoms with Crippen LogP contribution in [0.1, 0.15) is 27.4 Å². The highest BCUT2D eigenvalue weighted by atomic mass is 16.5. The number of carbonyl (C=O) groups is 1. The second kappa shape index (κ2) is 7.77. The molecule has 2 aromatic carbocycles. The predicted octanol–water partition coefficient (Wildman–Crippen LogP) is 4.15. The molecule has 0 fully saturated rings. The monoisotopic (exact) mass is 337 g/mol. The lowest BCUT2D eigenvalue weighted by Crippen LogP contribution is -2.06. The van der Waals surface area contributed by atoms with Crippen molar-refractivity contribution in [2.75, 3.05) is 7.11 Å². The van der Waals surface area contributed by atoms with Crippen molar-refractivity contribution in [1.29, 1.82) is 0 Å². The lowest BCUT2D eigenvalue weighted by Gasteiger charge is -2.05. The van der Waals surface area contributed by atoms with Crippen molar-refractivity contribution in [2.45, 2.75) is 20.1 Å². The van der Waals surface area contributed by atoms with Gasteiger partial charge in [-0.1, -0.05) is 30.3 Å². The number of benzene rings is 2. The first-order chi connectivity index (χ1) is 12.2. The van der Waals surface area contributed by atoms with E-state index in [0.29, 0.717) is 29.5 Å². The summed E-state index contributed by atoms with van der Waals surface area (Å²) in [4.78, 5) is 16.7. The number of esters is 1. The summed E-state index contributed by atoms with van der Waals surface area (Å²) in [6.45, 7) is 2.32. The second-order valence-corrected chi connectivity index (χ2v) is 5.60. The van der Waals surface area contributed by atoms with Gasteiger partial charge in [0.1, 0.15) is 18.1 Å². The molecule has 1 aromatic heterocycles. The molecule has 0 aliphatic heterocycles. The maximum absolute atomic E-state index is 12.2. The van der Waals surface area contributed by atoms with E-state index in [1.807, 2.05) is 43.3 Å². The molecule has 0 N–H and O–H groups in total. The summed E-state index contributed by atoms with van der Waals surface area (Å²) in [5.41, 5.74) is 2.90. The molecule has 0 atom stereocenters. The molecule has 0 aliphatic carbocycles. The van der Waals surface area contributed by atoms with Crippen LogP contribution in [-0.4, -0.2) is 18.1 Å². The van der Waals surface area contributed by atoms with E-state index in [4.69, 9.17) is 13.9 Å². The second-order valence-electron chi connectivity index (χ2n) is 5.60. The smallest absolute Gasteiger partial charge is 0.338 e. The van der Waals surface area contributed by atoms with Gasteiger partial charge in [0.15, 0.2) is 0 Å². The molecular formula is C20H19NO4. The van der Waals surface area contributed by atoms with Crippen LogP contribution in [0.5, 0.6) is 0 Å². The van der Waals surface area contributed by atoms with Crippen molar-refractivity contribution in [1.82, 2.24) is 4.98 Å². The number of oxazole rings is 1. The number of hydrogen-bond donors (Lipinski definition) is 0. The van der Waals surface area contributed by atoms with Gasteiger partial charge in [0.25, 0.3) is 0 Å². The fraction of sp³-hybridized carbons (Fsp3) is 0.200. The summed E-state index contributed by atoms with van der Waals surface area (Å²) in [6.07, 6.45) is 0. The number of nitrogens with zero attached hydrogens (tertiary/aromatic N) is 1. The standard InChI is InChI=1S/C20H19NO4/c1-14-18(21-19(25-14)16-8-4-3-5-9-16)13-24-20(22)17-10-6-7-15(11-17)12-23-2/h3-11H,12-13H2,1-2H3. The third-order valence-electron chi connectivity index (χ3n) is 3.73. The molecule has 128 valence electrons. The Morgan fingerprint density at radius 3 is 2.64 bits per heavy atom. The van der Waals surface area contributed by atoms with Crippen LogP contribution in [-0.2, 0) is 22.7 Å². The van der Waals surface area contributed by atoms with E-state index in [-0.39, 0.29) is 6.61 Å². The van der Waals surface area contributed by atoms with Crippen molar-refractivity contribution in [3.05, 3.63) is 77.2 Å². The minimum atomic E-state index is -0.401. The van der Waals surface area contributed by atoms with Crippen molar-refractivity contribution < 1.29 is 18.7 Å². The van der Waals surface area contributed by atoms with Crippen LogP contribution >= 0.6 is 0 Å². The van der Waals surface area contributed by atoms with E-state index in [2.05, 4.69) is 4.98 Å². The Morgan fingerprint density at radius 1 is 1.08 bits per heavy atom. The number of aromatic nitrogens is 1. The number of carbonyl (C=O) groups excluding carboxylic acids is 1. The van der Waals surface area contributed by atoms with Crippen molar-refractivity contribution in [3.63, 3.8) is 0 Å². The number of hydrogen-bond acceptors (Lipinski definition) is 5. The molecule has 0 unspecified atom stereocenters. The van der Waals surface area contributed by atoms with E-state index < -0.39 is 5.97 Å². The third kappa shape index (κ3) is 4.14. The van der Waals surface area contributed by atoms with E-state index >= 15 is 0 Å². The van der Waals surface area contributed by atoms with Crippen molar-refractivity contribution in [2.24, 2.45) is 0 Å². The molecule has 1 heterocycles. The zero-order valence-corrected chi connectivity index (χ0v) is 14.2. The number of aryl methyl sites for hydroxylation is 1. The average Bonchev–Trinajstić information content (AvgIpc) is 3.02. The fourth-order valence-electron chi connectivity index (χ4n) is 2.44. The van der Waals surface area contributed by atoms with E-state index in [1.54, 1.807) is 25.3 Å². The maximum Gasteiger partial charge on any atom is 0.338 e. The van der Waals surface area contributed by atoms with Crippen LogP contribution in [0, 0.1) is 6.92 Å². The molecule has 25 heavy (non-hydrogen) atoms. The summed E-state index contributed by atoms with van der Waals surface area (Å²) in [6, 6.07) is 16.8. The van der Waals surface area contributed by atoms with Gasteiger partial charge >= 0.3 is 5.97 Å². The molecule has 5 nitrogen and oxygen atoms in total. The first-order valence-electron chi connectivity index (χ1n) is 7.94. The highest BCUT2D eigenvalue weighted by molar-refractivity contribution is 5.89. The van der Waals surface area contributed by atoms with Gasteiger partial charge in [0, 0.05) is 12.7 Å². The van der Waals surface area contributed by atoms with E-state index in [0.717, 1.165) is 11.1 Å². The van der Waals surface area contributed by atoms with Gasteiger partial charge in [-0.25, -0.2) is 9.78 Å². The molecule has 0 bridgehead atoms. The zero-order chi connectivity index (χ0) is 17.6. The normalized spacial score (nSPS) is 10.6. The number of methoxy groups -OCH3 is 1. The number of ether oxygens (including phenoxy) is 2. The lowest BCUT2D eigenvalue weighted by atomic mass is 10.1. The Morgan fingerprint density at radius 2 is 1.88 bits per heavy atom. The van der Waals surface area contributed by atoms with Crippen LogP contribution < -0.4 is 0 Å². The minimum absolute atomic E-state index is 0.0650. The molecule has 5 heteroatoms. The van der Waals surface area contributed by atoms with Gasteiger partial charge in [0.05, 0.1) is 12.2 Å². The molecule has 3 aromatic rings. The maximum atomic E-state index is 12.2. The van der Waals surface area contributed by atoms with Gasteiger partial charge < -0.3 is 13.9 Å². The van der Waals surface area contributed by atoms with Crippen LogP contribution in [0.15, 0.2) is 59.0 Å². The van der Waals surface area contributed by atoms with Gasteiger partial charge in [-0.15, -0.1) is 0 Å². The van der Waals surface area contributed by atoms with Crippen molar-refractivity contribution >= 4 is 5.97 Å². The molecule has 3 rings (SSSR count). The molecule has 0 amide bonds. The average molecular weight is 337 g/mol. The largest absolute Gasteiger partial charge is 0.455 e. The van der Waals surface area contributed by atoms with Gasteiger partial charge in [-0.05, 0) is 36.8 Å². The van der Waals surface area contributed by atoms with Crippen LogP contribution in [0.2, 0.25) is 0 Å². The molecule has 0 spiro atoms. The SMILES string of the molecule is COCc1cccc(C(=O)OCc2nc(-c3ccccc3)oc2C)c1. The van der Waals surface area contributed by atoms with E-state index in [9.17, 15) is 4.79 Å². The molecule has 0 saturated heterocycles. The Balaban J connectivity index is 1.68. The molecule has 0 aliphatic rings. The van der Waals surface area contributed by atoms with E-state index in [1.165, 1.54) is 0 Å². The van der Waals surface area contributed by atoms with Crippen molar-refractivity contribution in [3.8, 4) is 11.5 Å². The van der Waals surface area contributed by atoms with Crippen LogP contribution in [0.25, 0.3) is 11.5 Å². The van der Waals surface area contributed by atoms with Crippen LogP contribution in [0.3, 0.4) is 0 Å². The predicted molar refractivity (Wildman–Crippen MR) is 93.0 cm³/mol. The fourth-order valence-corrected chi connectivity index (χ4v) is 2.44. The third-order valence-corrected chi connectivity index (χ3v) is 3.73. The summed E-state index contributed by atoms with van der Waals surface area (Å²) < 4.78 is 16.1. The highest BCUT2D eigenvalue weighted by Crippen LogP contribution is 2.22. The van der Waals surface area contributed by atoms with Gasteiger partial charge in [-0.3, -0.25) is 0 Å². The van der Waals surface area contributed by atoms with Gasteiger partial charge in [-0.2, -0.15) is 0 Å². The quantitative estimate of drug-likeness (QED) is 0.632. The zero-order valence-electron chi connectivity index (χ0n) is 14.2. The van der Waals surface area contributed by atoms with Gasteiger partial charge in [0.2, 0.25) is 5.89 Å².